The molecule has 7 nitrogen and oxygen atoms in total. The third-order valence-electron chi connectivity index (χ3n) is 7.29. The number of imide groups is 1. The topological polar surface area (TPSA) is 84.3 Å². The van der Waals surface area contributed by atoms with E-state index in [-0.39, 0.29) is 21.6 Å². The summed E-state index contributed by atoms with van der Waals surface area (Å²) in [7, 11) is 1.79. The lowest BCUT2D eigenvalue weighted by molar-refractivity contribution is -0.138. The Bertz CT molecular complexity index is 1830. The minimum Gasteiger partial charge on any atom is -0.330 e. The van der Waals surface area contributed by atoms with E-state index in [1.165, 1.54) is 30.3 Å². The first kappa shape index (κ1) is 28.1. The summed E-state index contributed by atoms with van der Waals surface area (Å²) in [6, 6.07) is 22.3. The Labute approximate surface area is 248 Å². The third-order valence-corrected chi connectivity index (χ3v) is 8.22. The maximum absolute atomic E-state index is 13.9. The monoisotopic (exact) mass is 600 g/mol. The van der Waals surface area contributed by atoms with E-state index in [1.807, 2.05) is 30.3 Å². The summed E-state index contributed by atoms with van der Waals surface area (Å²) in [5.41, 5.74) is 2.47. The van der Waals surface area contributed by atoms with Crippen molar-refractivity contribution in [2.45, 2.75) is 18.8 Å². The molecule has 0 bridgehead atoms. The van der Waals surface area contributed by atoms with Crippen LogP contribution in [-0.2, 0) is 19.6 Å². The zero-order valence-electron chi connectivity index (χ0n) is 22.6. The Kier molecular flexibility index (Phi) is 7.18. The number of hydrogen-bond donors (Lipinski definition) is 1. The molecule has 1 aliphatic rings. The highest BCUT2D eigenvalue weighted by atomic mass is 32.1. The van der Waals surface area contributed by atoms with E-state index in [9.17, 15) is 27.6 Å². The zero-order chi connectivity index (χ0) is 30.3. The molecule has 0 radical (unpaired) electrons. The molecule has 1 aliphatic heterocycles. The van der Waals surface area contributed by atoms with Gasteiger partial charge in [0.15, 0.2) is 0 Å². The summed E-state index contributed by atoms with van der Waals surface area (Å²) in [6.07, 6.45) is -4.76. The van der Waals surface area contributed by atoms with Gasteiger partial charge in [-0.1, -0.05) is 60.7 Å². The average Bonchev–Trinajstić information content (AvgIpc) is 3.69. The van der Waals surface area contributed by atoms with Gasteiger partial charge in [-0.25, -0.2) is 0 Å². The van der Waals surface area contributed by atoms with E-state index in [1.54, 1.807) is 41.5 Å². The quantitative estimate of drug-likeness (QED) is 0.218. The number of aromatic nitrogens is 2. The fourth-order valence-corrected chi connectivity index (χ4v) is 6.09. The van der Waals surface area contributed by atoms with Gasteiger partial charge < -0.3 is 5.32 Å². The molecule has 2 aromatic heterocycles. The van der Waals surface area contributed by atoms with Gasteiger partial charge >= 0.3 is 6.18 Å². The van der Waals surface area contributed by atoms with Crippen molar-refractivity contribution < 1.29 is 27.6 Å². The van der Waals surface area contributed by atoms with Crippen molar-refractivity contribution in [3.8, 4) is 22.4 Å². The maximum atomic E-state index is 13.9. The second-order valence-corrected chi connectivity index (χ2v) is 10.9. The Hall–Kier alpha value is -5.03. The number of aryl methyl sites for hydroxylation is 1. The summed E-state index contributed by atoms with van der Waals surface area (Å²) in [4.78, 5) is 41.3. The number of rotatable bonds is 7. The van der Waals surface area contributed by atoms with Gasteiger partial charge in [-0.05, 0) is 35.4 Å². The largest absolute Gasteiger partial charge is 0.416 e. The van der Waals surface area contributed by atoms with Gasteiger partial charge in [0.05, 0.1) is 33.5 Å². The molecule has 3 heterocycles. The van der Waals surface area contributed by atoms with Crippen molar-refractivity contribution in [3.63, 3.8) is 0 Å². The Balaban J connectivity index is 1.34. The molecule has 43 heavy (non-hydrogen) atoms. The van der Waals surface area contributed by atoms with E-state index < -0.39 is 42.0 Å². The number of hydrogen-bond acceptors (Lipinski definition) is 5. The molecule has 0 saturated heterocycles. The van der Waals surface area contributed by atoms with Gasteiger partial charge in [0, 0.05) is 30.0 Å². The van der Waals surface area contributed by atoms with Crippen LogP contribution in [0, 0.1) is 0 Å². The molecule has 1 N–H and O–H groups in total. The molecule has 6 rings (SSSR count). The fraction of sp³-hybridized carbons (Fsp3) is 0.125. The van der Waals surface area contributed by atoms with Gasteiger partial charge in [0.1, 0.15) is 6.17 Å². The molecular formula is C32H23F3N4O3S. The molecule has 11 heteroatoms. The fourth-order valence-electron chi connectivity index (χ4n) is 5.29. The van der Waals surface area contributed by atoms with E-state index in [0.717, 1.165) is 39.1 Å². The molecule has 5 aromatic rings. The average molecular weight is 601 g/mol. The molecule has 3 aromatic carbocycles. The van der Waals surface area contributed by atoms with Crippen LogP contribution in [0.3, 0.4) is 0 Å². The van der Waals surface area contributed by atoms with E-state index in [4.69, 9.17) is 0 Å². The summed E-state index contributed by atoms with van der Waals surface area (Å²) in [5, 5.41) is 8.85. The van der Waals surface area contributed by atoms with Crippen LogP contribution in [0.4, 0.5) is 13.2 Å². The zero-order valence-corrected chi connectivity index (χ0v) is 23.4. The molecule has 0 aliphatic carbocycles. The van der Waals surface area contributed by atoms with Gasteiger partial charge in [-0.2, -0.15) is 18.3 Å². The minimum atomic E-state index is -4.67. The van der Waals surface area contributed by atoms with Crippen LogP contribution in [0.25, 0.3) is 22.4 Å². The normalized spacial score (nSPS) is 13.7. The van der Waals surface area contributed by atoms with Crippen molar-refractivity contribution >= 4 is 29.1 Å². The first-order valence-electron chi connectivity index (χ1n) is 13.2. The lowest BCUT2D eigenvalue weighted by Gasteiger charge is -2.28. The van der Waals surface area contributed by atoms with Crippen LogP contribution in [-0.4, -0.2) is 38.6 Å². The second-order valence-electron chi connectivity index (χ2n) is 9.97. The lowest BCUT2D eigenvalue weighted by Crippen LogP contribution is -2.52. The molecule has 0 fully saturated rings. The number of nitrogens with zero attached hydrogens (tertiary/aromatic N) is 3. The van der Waals surface area contributed by atoms with Crippen LogP contribution >= 0.6 is 11.3 Å². The SMILES string of the molecule is Cn1ncc(-c2ccccc2)c1-c1csc(C(=O)NC(Cc2ccccc2C(F)(F)F)N2C(=O)c3ccccc3C2=O)c1. The molecule has 3 amide bonds. The van der Waals surface area contributed by atoms with Crippen molar-refractivity contribution in [1.29, 1.82) is 0 Å². The number of carbonyl (C=O) groups excluding carboxylic acids is 3. The first-order chi connectivity index (χ1) is 20.6. The predicted molar refractivity (Wildman–Crippen MR) is 155 cm³/mol. The number of thiophene rings is 1. The number of fused-ring (bicyclic) bond motifs is 1. The minimum absolute atomic E-state index is 0.124. The highest BCUT2D eigenvalue weighted by molar-refractivity contribution is 7.12. The van der Waals surface area contributed by atoms with Crippen molar-refractivity contribution in [2.24, 2.45) is 7.05 Å². The van der Waals surface area contributed by atoms with Crippen molar-refractivity contribution in [2.75, 3.05) is 0 Å². The molecule has 1 atom stereocenters. The smallest absolute Gasteiger partial charge is 0.330 e. The number of carbonyl (C=O) groups is 3. The van der Waals surface area contributed by atoms with Crippen molar-refractivity contribution in [3.05, 3.63) is 124 Å². The van der Waals surface area contributed by atoms with Crippen LogP contribution < -0.4 is 5.32 Å². The number of alkyl halides is 3. The van der Waals surface area contributed by atoms with Gasteiger partial charge in [0.2, 0.25) is 0 Å². The first-order valence-corrected chi connectivity index (χ1v) is 14.1. The molecule has 216 valence electrons. The Morgan fingerprint density at radius 3 is 2.19 bits per heavy atom. The summed E-state index contributed by atoms with van der Waals surface area (Å²) >= 11 is 1.13. The van der Waals surface area contributed by atoms with Crippen LogP contribution in [0.1, 0.15) is 41.5 Å². The lowest BCUT2D eigenvalue weighted by atomic mass is 10.0. The molecule has 0 saturated carbocycles. The van der Waals surface area contributed by atoms with Gasteiger partial charge in [-0.15, -0.1) is 11.3 Å². The maximum Gasteiger partial charge on any atom is 0.416 e. The van der Waals surface area contributed by atoms with Crippen LogP contribution in [0.2, 0.25) is 0 Å². The predicted octanol–water partition coefficient (Wildman–Crippen LogP) is 6.43. The number of amides is 3. The standard InChI is InChI=1S/C32H23F3N4O3S/c1-38-28(24(17-36-38)19-9-3-2-4-10-19)21-15-26(43-18-21)29(40)37-27(16-20-11-5-8-14-25(20)32(33,34)35)39-30(41)22-12-6-7-13-23(22)31(39)42/h2-15,17-18,27H,16H2,1H3,(H,37,40). The molecule has 0 spiro atoms. The molecular weight excluding hydrogens is 577 g/mol. The molecule has 1 unspecified atom stereocenters. The highest BCUT2D eigenvalue weighted by Gasteiger charge is 2.42. The third kappa shape index (κ3) is 5.23. The summed E-state index contributed by atoms with van der Waals surface area (Å²) in [5.74, 6) is -2.01. The van der Waals surface area contributed by atoms with E-state index in [0.29, 0.717) is 5.56 Å². The van der Waals surface area contributed by atoms with E-state index >= 15 is 0 Å². The van der Waals surface area contributed by atoms with Crippen LogP contribution in [0.15, 0.2) is 96.5 Å². The van der Waals surface area contributed by atoms with E-state index in [2.05, 4.69) is 10.4 Å². The number of halogens is 3. The Morgan fingerprint density at radius 2 is 1.51 bits per heavy atom. The highest BCUT2D eigenvalue weighted by Crippen LogP contribution is 2.36. The Morgan fingerprint density at radius 1 is 0.884 bits per heavy atom. The summed E-state index contributed by atoms with van der Waals surface area (Å²) < 4.78 is 43.3. The summed E-state index contributed by atoms with van der Waals surface area (Å²) in [6.45, 7) is 0. The van der Waals surface area contributed by atoms with Gasteiger partial charge in [-0.3, -0.25) is 24.0 Å². The van der Waals surface area contributed by atoms with Gasteiger partial charge in [0.25, 0.3) is 17.7 Å². The van der Waals surface area contributed by atoms with Crippen LogP contribution in [0.5, 0.6) is 0 Å². The second kappa shape index (κ2) is 11.0. The van der Waals surface area contributed by atoms with Crippen molar-refractivity contribution in [1.82, 2.24) is 20.0 Å². The number of nitrogens with one attached hydrogen (secondary N) is 1. The number of benzene rings is 3.